The molecule has 0 amide bonds. The summed E-state index contributed by atoms with van der Waals surface area (Å²) in [6.07, 6.45) is 2.98. The quantitative estimate of drug-likeness (QED) is 0.197. The normalized spacial score (nSPS) is 10.7. The topological polar surface area (TPSA) is 85.1 Å². The molecule has 6 nitrogen and oxygen atoms in total. The van der Waals surface area contributed by atoms with E-state index >= 15 is 0 Å². The molecule has 170 valence electrons. The molecule has 0 unspecified atom stereocenters. The van der Waals surface area contributed by atoms with Gasteiger partial charge in [-0.3, -0.25) is 0 Å². The van der Waals surface area contributed by atoms with Crippen molar-refractivity contribution < 1.29 is 9.13 Å². The average Bonchev–Trinajstić information content (AvgIpc) is 2.82. The van der Waals surface area contributed by atoms with Crippen LogP contribution in [-0.2, 0) is 0 Å². The summed E-state index contributed by atoms with van der Waals surface area (Å²) >= 11 is 5.89. The molecule has 0 bridgehead atoms. The Morgan fingerprint density at radius 3 is 2.79 bits per heavy atom. The third-order valence-corrected chi connectivity index (χ3v) is 5.49. The van der Waals surface area contributed by atoms with Gasteiger partial charge in [-0.1, -0.05) is 11.6 Å². The Hall–Kier alpha value is -3.58. The van der Waals surface area contributed by atoms with Crippen LogP contribution < -0.4 is 26.6 Å². The number of benzene rings is 3. The zero-order chi connectivity index (χ0) is 24.1. The zero-order valence-corrected chi connectivity index (χ0v) is 19.5. The van der Waals surface area contributed by atoms with Gasteiger partial charge in [0.1, 0.15) is 5.82 Å². The molecule has 4 aromatic rings. The van der Waals surface area contributed by atoms with Crippen LogP contribution in [0, 0.1) is 5.82 Å². The first-order chi connectivity index (χ1) is 16.4. The molecule has 0 fully saturated rings. The Bertz CT molecular complexity index is 1350. The van der Waals surface area contributed by atoms with Crippen molar-refractivity contribution >= 4 is 71.8 Å². The van der Waals surface area contributed by atoms with Gasteiger partial charge in [0.25, 0.3) is 0 Å². The SMILES string of the molecule is B=C(CCCOc1ccc2ncnc(Nc3ccc(F)c(Cl)c3)c2c1)Nc1cc(B)ccc1N. The van der Waals surface area contributed by atoms with E-state index in [2.05, 4.69) is 28.1 Å². The van der Waals surface area contributed by atoms with E-state index in [0.29, 0.717) is 29.5 Å². The van der Waals surface area contributed by atoms with E-state index in [4.69, 9.17) is 22.1 Å². The molecule has 4 rings (SSSR count). The average molecular weight is 474 g/mol. The van der Waals surface area contributed by atoms with E-state index in [0.717, 1.165) is 40.5 Å². The van der Waals surface area contributed by atoms with Gasteiger partial charge in [-0.25, -0.2) is 4.39 Å². The number of hydrogen-bond acceptors (Lipinski definition) is 6. The van der Waals surface area contributed by atoms with Gasteiger partial charge in [-0.15, -0.1) is 0 Å². The number of hydrogen-bond donors (Lipinski definition) is 3. The van der Waals surface area contributed by atoms with Crippen molar-refractivity contribution in [2.45, 2.75) is 12.8 Å². The predicted octanol–water partition coefficient (Wildman–Crippen LogP) is 3.31. The fourth-order valence-corrected chi connectivity index (χ4v) is 3.62. The molecular formula is C24H23B2ClFN5O. The van der Waals surface area contributed by atoms with E-state index < -0.39 is 5.82 Å². The van der Waals surface area contributed by atoms with E-state index in [1.54, 1.807) is 6.07 Å². The first-order valence-corrected chi connectivity index (χ1v) is 11.2. The molecule has 0 aliphatic rings. The van der Waals surface area contributed by atoms with Crippen molar-refractivity contribution in [2.75, 3.05) is 23.0 Å². The van der Waals surface area contributed by atoms with Gasteiger partial charge >= 0.3 is 171 Å². The summed E-state index contributed by atoms with van der Waals surface area (Å²) in [7, 11) is 6.11. The maximum absolute atomic E-state index is 13.5. The van der Waals surface area contributed by atoms with Crippen LogP contribution in [0.1, 0.15) is 12.8 Å². The van der Waals surface area contributed by atoms with Gasteiger partial charge in [0.05, 0.1) is 5.02 Å². The Kier molecular flexibility index (Phi) is 7.33. The Morgan fingerprint density at radius 2 is 1.97 bits per heavy atom. The summed E-state index contributed by atoms with van der Waals surface area (Å²) in [5.41, 5.74) is 11.0. The number of fused-ring (bicyclic) bond motifs is 1. The molecular weight excluding hydrogens is 450 g/mol. The van der Waals surface area contributed by atoms with Gasteiger partial charge < -0.3 is 0 Å². The molecule has 4 N–H and O–H groups in total. The molecule has 0 saturated heterocycles. The van der Waals surface area contributed by atoms with Gasteiger partial charge in [-0.2, -0.15) is 0 Å². The minimum atomic E-state index is -0.476. The number of nitrogens with two attached hydrogens (primary N) is 1. The van der Waals surface area contributed by atoms with Crippen molar-refractivity contribution in [1.29, 1.82) is 0 Å². The second-order valence-corrected chi connectivity index (χ2v) is 8.33. The fourth-order valence-electron chi connectivity index (χ4n) is 3.44. The van der Waals surface area contributed by atoms with E-state index in [1.165, 1.54) is 18.5 Å². The standard InChI is InChI=1S/C24H23B2ClFN5O/c25-14-3-7-20(29)22(10-14)33-23(26)2-1-9-34-16-5-8-21-17(12-16)24(31-13-30-21)32-15-4-6-19(28)18(27)11-15/h3-8,10-13,26,33H,1-2,9,25,29H2,(H,30,31,32). The summed E-state index contributed by atoms with van der Waals surface area (Å²) in [5.74, 6) is 0.797. The summed E-state index contributed by atoms with van der Waals surface area (Å²) in [4.78, 5) is 8.63. The molecule has 0 spiro atoms. The Balaban J connectivity index is 1.37. The number of anilines is 4. The molecule has 3 aromatic carbocycles. The van der Waals surface area contributed by atoms with Crippen LogP contribution in [0.4, 0.5) is 27.3 Å². The number of ether oxygens (including phenoxy) is 1. The summed E-state index contributed by atoms with van der Waals surface area (Å²) < 4.78 is 19.4. The van der Waals surface area contributed by atoms with Crippen molar-refractivity contribution in [2.24, 2.45) is 0 Å². The number of halogens is 2. The second-order valence-electron chi connectivity index (χ2n) is 7.93. The van der Waals surface area contributed by atoms with Crippen molar-refractivity contribution in [3.05, 3.63) is 71.8 Å². The van der Waals surface area contributed by atoms with Crippen LogP contribution in [0.25, 0.3) is 10.9 Å². The predicted molar refractivity (Wildman–Crippen MR) is 144 cm³/mol. The van der Waals surface area contributed by atoms with Crippen LogP contribution >= 0.6 is 11.6 Å². The molecule has 0 radical (unpaired) electrons. The molecule has 0 atom stereocenters. The van der Waals surface area contributed by atoms with Crippen LogP contribution in [0.5, 0.6) is 5.75 Å². The molecule has 1 aromatic heterocycles. The molecule has 34 heavy (non-hydrogen) atoms. The van der Waals surface area contributed by atoms with E-state index in [-0.39, 0.29) is 5.02 Å². The van der Waals surface area contributed by atoms with Crippen LogP contribution in [0.15, 0.2) is 60.9 Å². The molecule has 0 saturated carbocycles. The van der Waals surface area contributed by atoms with Crippen LogP contribution in [0.2, 0.25) is 5.02 Å². The number of aromatic nitrogens is 2. The molecule has 0 aliphatic heterocycles. The molecule has 0 aliphatic carbocycles. The monoisotopic (exact) mass is 473 g/mol. The number of nitrogens with zero attached hydrogens (tertiary/aromatic N) is 2. The molecule has 10 heteroatoms. The summed E-state index contributed by atoms with van der Waals surface area (Å²) in [5, 5.41) is 7.26. The van der Waals surface area contributed by atoms with Gasteiger partial charge in [-0.05, 0) is 6.07 Å². The van der Waals surface area contributed by atoms with Gasteiger partial charge in [0.15, 0.2) is 0 Å². The first kappa shape index (κ1) is 23.6. The molecule has 1 heterocycles. The number of nitrogens with one attached hydrogen (secondary N) is 2. The van der Waals surface area contributed by atoms with E-state index in [1.807, 2.05) is 44.2 Å². The second kappa shape index (κ2) is 10.6. The van der Waals surface area contributed by atoms with Crippen LogP contribution in [0.3, 0.4) is 0 Å². The van der Waals surface area contributed by atoms with Crippen molar-refractivity contribution in [3.63, 3.8) is 0 Å². The number of rotatable bonds is 9. The van der Waals surface area contributed by atoms with Crippen LogP contribution in [-0.4, -0.2) is 37.5 Å². The van der Waals surface area contributed by atoms with Gasteiger partial charge in [0.2, 0.25) is 0 Å². The Morgan fingerprint density at radius 1 is 1.12 bits per heavy atom. The van der Waals surface area contributed by atoms with Crippen molar-refractivity contribution in [3.8, 4) is 5.75 Å². The van der Waals surface area contributed by atoms with Crippen molar-refractivity contribution in [1.82, 2.24) is 9.97 Å². The van der Waals surface area contributed by atoms with E-state index in [9.17, 15) is 4.39 Å². The zero-order valence-electron chi connectivity index (χ0n) is 18.7. The number of nitrogen functional groups attached to an aromatic ring is 1. The maximum atomic E-state index is 13.5. The fraction of sp³-hybridized carbons (Fsp3) is 0.125. The minimum absolute atomic E-state index is 0.0357. The third kappa shape index (κ3) is 5.85. The Labute approximate surface area is 204 Å². The summed E-state index contributed by atoms with van der Waals surface area (Å²) in [6.45, 7) is 0.513. The first-order valence-electron chi connectivity index (χ1n) is 10.8. The third-order valence-electron chi connectivity index (χ3n) is 5.20. The van der Waals surface area contributed by atoms with Gasteiger partial charge in [0, 0.05) is 0 Å². The summed E-state index contributed by atoms with van der Waals surface area (Å²) in [6, 6.07) is 15.9.